The number of benzene rings is 1. The Bertz CT molecular complexity index is 690. The van der Waals surface area contributed by atoms with Gasteiger partial charge in [0.15, 0.2) is 5.82 Å². The van der Waals surface area contributed by atoms with Crippen LogP contribution in [0.1, 0.15) is 43.1 Å². The molecule has 0 radical (unpaired) electrons. The van der Waals surface area contributed by atoms with Crippen LogP contribution in [0.3, 0.4) is 0 Å². The number of nitrogens with one attached hydrogen (secondary N) is 1. The number of carboxylic acid groups (broad SMARTS) is 1. The van der Waals surface area contributed by atoms with Gasteiger partial charge in [-0.2, -0.15) is 5.21 Å². The number of H-pyrrole nitrogens is 1. The van der Waals surface area contributed by atoms with E-state index in [9.17, 15) is 14.3 Å². The Morgan fingerprint density at radius 3 is 2.68 bits per heavy atom. The molecule has 7 nitrogen and oxygen atoms in total. The zero-order valence-electron chi connectivity index (χ0n) is 14.4. The Kier molecular flexibility index (Phi) is 6.58. The molecular weight excluding hydrogens is 325 g/mol. The lowest BCUT2D eigenvalue weighted by atomic mass is 9.81. The number of nitrogens with two attached hydrogens (primary N) is 1. The van der Waals surface area contributed by atoms with E-state index in [1.165, 1.54) is 6.07 Å². The van der Waals surface area contributed by atoms with Gasteiger partial charge >= 0.3 is 5.97 Å². The highest BCUT2D eigenvalue weighted by atomic mass is 19.1. The minimum atomic E-state index is -0.913. The molecule has 0 saturated carbocycles. The fraction of sp³-hybridized carbons (Fsp3) is 0.529. The Morgan fingerprint density at radius 1 is 1.40 bits per heavy atom. The summed E-state index contributed by atoms with van der Waals surface area (Å²) in [5.41, 5.74) is 6.73. The Labute approximate surface area is 145 Å². The molecule has 0 unspecified atom stereocenters. The Hall–Kier alpha value is -2.35. The van der Waals surface area contributed by atoms with Gasteiger partial charge in [0.25, 0.3) is 0 Å². The number of halogens is 1. The highest BCUT2D eigenvalue weighted by Crippen LogP contribution is 2.31. The number of aromatic amines is 1. The summed E-state index contributed by atoms with van der Waals surface area (Å²) < 4.78 is 14.2. The first kappa shape index (κ1) is 19.0. The van der Waals surface area contributed by atoms with Crippen molar-refractivity contribution < 1.29 is 14.3 Å². The molecule has 25 heavy (non-hydrogen) atoms. The van der Waals surface area contributed by atoms with Gasteiger partial charge in [0.05, 0.1) is 5.92 Å². The number of carbonyl (C=O) groups is 1. The van der Waals surface area contributed by atoms with Crippen LogP contribution in [0.5, 0.6) is 0 Å². The van der Waals surface area contributed by atoms with Crippen LogP contribution >= 0.6 is 0 Å². The van der Waals surface area contributed by atoms with Gasteiger partial charge in [-0.25, -0.2) is 4.39 Å². The maximum Gasteiger partial charge on any atom is 0.307 e. The van der Waals surface area contributed by atoms with Crippen molar-refractivity contribution in [2.24, 2.45) is 17.6 Å². The van der Waals surface area contributed by atoms with E-state index in [4.69, 9.17) is 5.73 Å². The number of aliphatic carboxylic acids is 1. The SMILES string of the molecule is CC(C)C[C@H](C(=O)O)[C@H](Cc1ccc(CCN)c(F)c1)c1nn[nH]n1. The number of rotatable bonds is 9. The van der Waals surface area contributed by atoms with Crippen molar-refractivity contribution in [1.29, 1.82) is 0 Å². The molecule has 0 saturated heterocycles. The van der Waals surface area contributed by atoms with Gasteiger partial charge in [0.2, 0.25) is 0 Å². The first-order valence-corrected chi connectivity index (χ1v) is 8.35. The second-order valence-corrected chi connectivity index (χ2v) is 6.62. The molecule has 0 bridgehead atoms. The monoisotopic (exact) mass is 349 g/mol. The molecule has 136 valence electrons. The normalized spacial score (nSPS) is 13.8. The Balaban J connectivity index is 2.30. The predicted octanol–water partition coefficient (Wildman–Crippen LogP) is 1.91. The standard InChI is InChI=1S/C17H24FN5O2/c1-10(2)7-14(17(24)25)13(16-20-22-23-21-16)8-11-3-4-12(5-6-19)15(18)9-11/h3-4,9-10,13-14H,5-8,19H2,1-2H3,(H,24,25)(H,20,21,22,23)/t13-,14-/m0/s1. The van der Waals surface area contributed by atoms with Crippen LogP contribution in [-0.4, -0.2) is 38.2 Å². The molecule has 2 aromatic rings. The van der Waals surface area contributed by atoms with E-state index in [0.29, 0.717) is 42.8 Å². The summed E-state index contributed by atoms with van der Waals surface area (Å²) >= 11 is 0. The highest BCUT2D eigenvalue weighted by Gasteiger charge is 2.33. The van der Waals surface area contributed by atoms with E-state index in [-0.39, 0.29) is 11.7 Å². The summed E-state index contributed by atoms with van der Waals surface area (Å²) in [5.74, 6) is -1.88. The van der Waals surface area contributed by atoms with E-state index < -0.39 is 17.8 Å². The molecule has 0 aliphatic heterocycles. The maximum atomic E-state index is 14.2. The summed E-state index contributed by atoms with van der Waals surface area (Å²) in [6.07, 6.45) is 1.26. The number of hydrogen-bond donors (Lipinski definition) is 3. The maximum absolute atomic E-state index is 14.2. The third-order valence-electron chi connectivity index (χ3n) is 4.21. The summed E-state index contributed by atoms with van der Waals surface area (Å²) in [5, 5.41) is 23.5. The number of tetrazole rings is 1. The third-order valence-corrected chi connectivity index (χ3v) is 4.21. The van der Waals surface area contributed by atoms with E-state index in [2.05, 4.69) is 20.6 Å². The van der Waals surface area contributed by atoms with E-state index in [0.717, 1.165) is 0 Å². The van der Waals surface area contributed by atoms with Gasteiger partial charge < -0.3 is 10.8 Å². The second kappa shape index (κ2) is 8.66. The van der Waals surface area contributed by atoms with Crippen molar-refractivity contribution in [1.82, 2.24) is 20.6 Å². The smallest absolute Gasteiger partial charge is 0.307 e. The molecule has 0 aliphatic carbocycles. The minimum absolute atomic E-state index is 0.194. The summed E-state index contributed by atoms with van der Waals surface area (Å²) in [7, 11) is 0. The first-order valence-electron chi connectivity index (χ1n) is 8.35. The molecule has 0 aliphatic rings. The van der Waals surface area contributed by atoms with Crippen molar-refractivity contribution in [2.45, 2.75) is 39.0 Å². The second-order valence-electron chi connectivity index (χ2n) is 6.62. The average Bonchev–Trinajstić information content (AvgIpc) is 3.07. The summed E-state index contributed by atoms with van der Waals surface area (Å²) in [6.45, 7) is 4.30. The number of hydrogen-bond acceptors (Lipinski definition) is 5. The lowest BCUT2D eigenvalue weighted by Crippen LogP contribution is -2.26. The van der Waals surface area contributed by atoms with Crippen molar-refractivity contribution in [2.75, 3.05) is 6.54 Å². The molecule has 8 heteroatoms. The number of aromatic nitrogens is 4. The molecule has 1 aromatic heterocycles. The van der Waals surface area contributed by atoms with Gasteiger partial charge in [-0.3, -0.25) is 4.79 Å². The van der Waals surface area contributed by atoms with Gasteiger partial charge in [0.1, 0.15) is 5.82 Å². The van der Waals surface area contributed by atoms with Gasteiger partial charge in [-0.05, 0) is 48.9 Å². The van der Waals surface area contributed by atoms with E-state index in [1.807, 2.05) is 13.8 Å². The lowest BCUT2D eigenvalue weighted by molar-refractivity contribution is -0.143. The van der Waals surface area contributed by atoms with Crippen LogP contribution in [0.4, 0.5) is 4.39 Å². The average molecular weight is 349 g/mol. The molecule has 0 fully saturated rings. The molecular formula is C17H24FN5O2. The fourth-order valence-electron chi connectivity index (χ4n) is 3.02. The van der Waals surface area contributed by atoms with Crippen LogP contribution in [0, 0.1) is 17.7 Å². The first-order chi connectivity index (χ1) is 11.9. The van der Waals surface area contributed by atoms with Crippen molar-refractivity contribution >= 4 is 5.97 Å². The number of carboxylic acids is 1. The van der Waals surface area contributed by atoms with E-state index in [1.54, 1.807) is 12.1 Å². The largest absolute Gasteiger partial charge is 0.481 e. The zero-order chi connectivity index (χ0) is 18.4. The van der Waals surface area contributed by atoms with Crippen LogP contribution < -0.4 is 5.73 Å². The third kappa shape index (κ3) is 5.06. The van der Waals surface area contributed by atoms with Crippen LogP contribution in [0.2, 0.25) is 0 Å². The van der Waals surface area contributed by atoms with Crippen LogP contribution in [0.25, 0.3) is 0 Å². The Morgan fingerprint density at radius 2 is 2.16 bits per heavy atom. The molecule has 1 aromatic carbocycles. The molecule has 1 heterocycles. The van der Waals surface area contributed by atoms with Crippen molar-refractivity contribution in [3.63, 3.8) is 0 Å². The zero-order valence-corrected chi connectivity index (χ0v) is 14.4. The topological polar surface area (TPSA) is 118 Å². The molecule has 0 amide bonds. The molecule has 4 N–H and O–H groups in total. The van der Waals surface area contributed by atoms with Crippen LogP contribution in [-0.2, 0) is 17.6 Å². The van der Waals surface area contributed by atoms with Gasteiger partial charge in [-0.15, -0.1) is 10.2 Å². The van der Waals surface area contributed by atoms with Crippen molar-refractivity contribution in [3.05, 3.63) is 41.0 Å². The minimum Gasteiger partial charge on any atom is -0.481 e. The fourth-order valence-corrected chi connectivity index (χ4v) is 3.02. The number of nitrogens with zero attached hydrogens (tertiary/aromatic N) is 3. The molecule has 2 rings (SSSR count). The lowest BCUT2D eigenvalue weighted by Gasteiger charge is -2.23. The van der Waals surface area contributed by atoms with Crippen molar-refractivity contribution in [3.8, 4) is 0 Å². The molecule has 0 spiro atoms. The van der Waals surface area contributed by atoms with E-state index >= 15 is 0 Å². The molecule has 2 atom stereocenters. The highest BCUT2D eigenvalue weighted by molar-refractivity contribution is 5.71. The van der Waals surface area contributed by atoms with Gasteiger partial charge in [0, 0.05) is 5.92 Å². The van der Waals surface area contributed by atoms with Gasteiger partial charge in [-0.1, -0.05) is 31.2 Å². The summed E-state index contributed by atoms with van der Waals surface area (Å²) in [4.78, 5) is 11.8. The van der Waals surface area contributed by atoms with Crippen LogP contribution in [0.15, 0.2) is 18.2 Å². The summed E-state index contributed by atoms with van der Waals surface area (Å²) in [6, 6.07) is 4.94. The quantitative estimate of drug-likeness (QED) is 0.636. The predicted molar refractivity (Wildman–Crippen MR) is 90.4 cm³/mol.